The Bertz CT molecular complexity index is 101. The molecule has 0 bridgehead atoms. The molecule has 0 aliphatic carbocycles. The molecule has 2 nitrogen and oxygen atoms in total. The van der Waals surface area contributed by atoms with Gasteiger partial charge in [-0.15, -0.1) is 0 Å². The van der Waals surface area contributed by atoms with E-state index in [-0.39, 0.29) is 12.1 Å². The summed E-state index contributed by atoms with van der Waals surface area (Å²) in [4.78, 5) is 0. The lowest BCUT2D eigenvalue weighted by Crippen LogP contribution is -2.23. The van der Waals surface area contributed by atoms with Gasteiger partial charge in [0.1, 0.15) is 6.17 Å². The van der Waals surface area contributed by atoms with Crippen molar-refractivity contribution in [3.8, 4) is 0 Å². The molecule has 2 N–H and O–H groups in total. The van der Waals surface area contributed by atoms with Crippen LogP contribution in [-0.2, 0) is 4.74 Å². The van der Waals surface area contributed by atoms with Crippen molar-refractivity contribution in [1.29, 1.82) is 0 Å². The summed E-state index contributed by atoms with van der Waals surface area (Å²) in [7, 11) is 0. The zero-order valence-electron chi connectivity index (χ0n) is 7.56. The minimum absolute atomic E-state index is 0.0908. The molecule has 0 aromatic rings. The summed E-state index contributed by atoms with van der Waals surface area (Å²) < 4.78 is 17.8. The van der Waals surface area contributed by atoms with E-state index >= 15 is 0 Å². The second kappa shape index (κ2) is 4.67. The van der Waals surface area contributed by atoms with Crippen molar-refractivity contribution in [2.24, 2.45) is 5.73 Å². The molecule has 0 radical (unpaired) electrons. The lowest BCUT2D eigenvalue weighted by atomic mass is 10.2. The Morgan fingerprint density at radius 1 is 1.45 bits per heavy atom. The van der Waals surface area contributed by atoms with Crippen LogP contribution in [0.3, 0.4) is 0 Å². The van der Waals surface area contributed by atoms with E-state index in [9.17, 15) is 4.39 Å². The molecule has 0 aromatic carbocycles. The third-order valence-corrected chi connectivity index (χ3v) is 1.22. The van der Waals surface area contributed by atoms with Crippen LogP contribution in [0.5, 0.6) is 0 Å². The Morgan fingerprint density at radius 3 is 2.36 bits per heavy atom. The first-order chi connectivity index (χ1) is 4.95. The molecule has 0 heterocycles. The molecule has 0 unspecified atom stereocenters. The standard InChI is InChI=1S/C8H18FNO/c1-8(2,3)11-5-4-7(9)6-10/h7H,4-6,10H2,1-3H3/t7-/m1/s1. The van der Waals surface area contributed by atoms with Crippen LogP contribution >= 0.6 is 0 Å². The van der Waals surface area contributed by atoms with Crippen LogP contribution in [0.2, 0.25) is 0 Å². The first-order valence-electron chi connectivity index (χ1n) is 3.94. The smallest absolute Gasteiger partial charge is 0.114 e. The molecule has 0 aromatic heterocycles. The van der Waals surface area contributed by atoms with E-state index in [0.29, 0.717) is 13.0 Å². The number of halogens is 1. The molecule has 0 amide bonds. The summed E-state index contributed by atoms with van der Waals surface area (Å²) in [5.74, 6) is 0. The molecule has 0 saturated heterocycles. The van der Waals surface area contributed by atoms with Gasteiger partial charge in [-0.3, -0.25) is 0 Å². The van der Waals surface area contributed by atoms with Gasteiger partial charge in [-0.25, -0.2) is 4.39 Å². The topological polar surface area (TPSA) is 35.2 Å². The van der Waals surface area contributed by atoms with Gasteiger partial charge in [0.25, 0.3) is 0 Å². The highest BCUT2D eigenvalue weighted by molar-refractivity contribution is 4.61. The lowest BCUT2D eigenvalue weighted by Gasteiger charge is -2.19. The Labute approximate surface area is 67.9 Å². The molecule has 0 fully saturated rings. The average Bonchev–Trinajstić information content (AvgIpc) is 1.85. The average molecular weight is 163 g/mol. The second-order valence-corrected chi connectivity index (χ2v) is 3.58. The fourth-order valence-electron chi connectivity index (χ4n) is 0.611. The number of hydrogen-bond acceptors (Lipinski definition) is 2. The third-order valence-electron chi connectivity index (χ3n) is 1.22. The number of alkyl halides is 1. The Kier molecular flexibility index (Phi) is 4.61. The maximum atomic E-state index is 12.5. The van der Waals surface area contributed by atoms with Crippen molar-refractivity contribution in [3.63, 3.8) is 0 Å². The van der Waals surface area contributed by atoms with Gasteiger partial charge in [0.2, 0.25) is 0 Å². The SMILES string of the molecule is CC(C)(C)OCC[C@@H](F)CN. The van der Waals surface area contributed by atoms with E-state index in [2.05, 4.69) is 0 Å². The molecular formula is C8H18FNO. The maximum absolute atomic E-state index is 12.5. The highest BCUT2D eigenvalue weighted by atomic mass is 19.1. The van der Waals surface area contributed by atoms with E-state index < -0.39 is 6.17 Å². The number of rotatable bonds is 4. The fourth-order valence-corrected chi connectivity index (χ4v) is 0.611. The van der Waals surface area contributed by atoms with Crippen LogP contribution < -0.4 is 5.73 Å². The van der Waals surface area contributed by atoms with Gasteiger partial charge in [-0.2, -0.15) is 0 Å². The molecule has 0 saturated carbocycles. The molecule has 68 valence electrons. The second-order valence-electron chi connectivity index (χ2n) is 3.58. The summed E-state index contributed by atoms with van der Waals surface area (Å²) in [5.41, 5.74) is 4.92. The van der Waals surface area contributed by atoms with Crippen LogP contribution in [0, 0.1) is 0 Å². The van der Waals surface area contributed by atoms with Crippen LogP contribution in [0.15, 0.2) is 0 Å². The van der Waals surface area contributed by atoms with Crippen LogP contribution in [-0.4, -0.2) is 24.9 Å². The van der Waals surface area contributed by atoms with Gasteiger partial charge in [-0.1, -0.05) is 0 Å². The Morgan fingerprint density at radius 2 is 2.00 bits per heavy atom. The molecule has 3 heteroatoms. The van der Waals surface area contributed by atoms with E-state index in [1.54, 1.807) is 0 Å². The fraction of sp³-hybridized carbons (Fsp3) is 1.00. The molecule has 0 rings (SSSR count). The minimum atomic E-state index is -0.919. The highest BCUT2D eigenvalue weighted by Gasteiger charge is 2.11. The molecule has 0 spiro atoms. The van der Waals surface area contributed by atoms with Gasteiger partial charge in [-0.05, 0) is 20.8 Å². The number of nitrogens with two attached hydrogens (primary N) is 1. The van der Waals surface area contributed by atoms with Gasteiger partial charge in [0.15, 0.2) is 0 Å². The van der Waals surface area contributed by atoms with Gasteiger partial charge in [0.05, 0.1) is 12.2 Å². The van der Waals surface area contributed by atoms with Gasteiger partial charge in [0, 0.05) is 13.0 Å². The lowest BCUT2D eigenvalue weighted by molar-refractivity contribution is -0.0107. The minimum Gasteiger partial charge on any atom is -0.376 e. The summed E-state index contributed by atoms with van der Waals surface area (Å²) in [6, 6.07) is 0. The van der Waals surface area contributed by atoms with Crippen molar-refractivity contribution in [1.82, 2.24) is 0 Å². The predicted octanol–water partition coefficient (Wildman–Crippen LogP) is 1.49. The van der Waals surface area contributed by atoms with Crippen molar-refractivity contribution < 1.29 is 9.13 Å². The van der Waals surface area contributed by atoms with E-state index in [0.717, 1.165) is 0 Å². The van der Waals surface area contributed by atoms with Gasteiger partial charge < -0.3 is 10.5 Å². The van der Waals surface area contributed by atoms with Crippen molar-refractivity contribution >= 4 is 0 Å². The summed E-state index contributed by atoms with van der Waals surface area (Å²) >= 11 is 0. The zero-order valence-corrected chi connectivity index (χ0v) is 7.56. The Hall–Kier alpha value is -0.150. The first-order valence-corrected chi connectivity index (χ1v) is 3.94. The van der Waals surface area contributed by atoms with Crippen LogP contribution in [0.4, 0.5) is 4.39 Å². The first kappa shape index (κ1) is 10.8. The molecule has 0 aliphatic heterocycles. The normalized spacial score (nSPS) is 15.0. The predicted molar refractivity (Wildman–Crippen MR) is 44.3 cm³/mol. The van der Waals surface area contributed by atoms with Crippen molar-refractivity contribution in [2.75, 3.05) is 13.2 Å². The number of hydrogen-bond donors (Lipinski definition) is 1. The summed E-state index contributed by atoms with van der Waals surface area (Å²) in [6.45, 7) is 6.38. The quantitative estimate of drug-likeness (QED) is 0.681. The largest absolute Gasteiger partial charge is 0.376 e. The Balaban J connectivity index is 3.28. The summed E-state index contributed by atoms with van der Waals surface area (Å²) in [6.07, 6.45) is -0.523. The van der Waals surface area contributed by atoms with E-state index in [1.807, 2.05) is 20.8 Å². The summed E-state index contributed by atoms with van der Waals surface area (Å²) in [5, 5.41) is 0. The molecule has 11 heavy (non-hydrogen) atoms. The van der Waals surface area contributed by atoms with Crippen LogP contribution in [0.25, 0.3) is 0 Å². The van der Waals surface area contributed by atoms with Gasteiger partial charge >= 0.3 is 0 Å². The van der Waals surface area contributed by atoms with E-state index in [1.165, 1.54) is 0 Å². The highest BCUT2D eigenvalue weighted by Crippen LogP contribution is 2.08. The molecule has 0 aliphatic rings. The van der Waals surface area contributed by atoms with Crippen molar-refractivity contribution in [2.45, 2.75) is 39.0 Å². The van der Waals surface area contributed by atoms with Crippen molar-refractivity contribution in [3.05, 3.63) is 0 Å². The maximum Gasteiger partial charge on any atom is 0.114 e. The third kappa shape index (κ3) is 7.75. The molecular weight excluding hydrogens is 145 g/mol. The molecule has 1 atom stereocenters. The van der Waals surface area contributed by atoms with Crippen LogP contribution in [0.1, 0.15) is 27.2 Å². The monoisotopic (exact) mass is 163 g/mol. The number of ether oxygens (including phenoxy) is 1. The zero-order chi connectivity index (χ0) is 8.91. The van der Waals surface area contributed by atoms with E-state index in [4.69, 9.17) is 10.5 Å².